The summed E-state index contributed by atoms with van der Waals surface area (Å²) in [4.78, 5) is 0. The van der Waals surface area contributed by atoms with Gasteiger partial charge in [-0.1, -0.05) is 6.58 Å². The summed E-state index contributed by atoms with van der Waals surface area (Å²) in [5.41, 5.74) is 0.755. The van der Waals surface area contributed by atoms with E-state index >= 15 is 0 Å². The molecule has 0 fully saturated rings. The largest absolute Gasteiger partial charge is 0.211 e. The summed E-state index contributed by atoms with van der Waals surface area (Å²) in [7, 11) is 0. The summed E-state index contributed by atoms with van der Waals surface area (Å²) in [6.45, 7) is 5.62. The predicted octanol–water partition coefficient (Wildman–Crippen LogP) is 0.230. The van der Waals surface area contributed by atoms with Crippen molar-refractivity contribution < 1.29 is 0 Å². The lowest BCUT2D eigenvalue weighted by atomic mass is 10.3. The third-order valence-electron chi connectivity index (χ3n) is 1.13. The maximum atomic E-state index is 8.35. The first-order chi connectivity index (χ1) is 5.25. The van der Waals surface area contributed by atoms with E-state index in [1.54, 1.807) is 6.92 Å². The van der Waals surface area contributed by atoms with Crippen molar-refractivity contribution >= 4 is 5.57 Å². The topological polar surface area (TPSA) is 67.4 Å². The Labute approximate surface area is 63.9 Å². The molecule has 0 amide bonds. The van der Waals surface area contributed by atoms with Crippen molar-refractivity contribution in [2.75, 3.05) is 0 Å². The zero-order chi connectivity index (χ0) is 8.27. The summed E-state index contributed by atoms with van der Waals surface area (Å²) in [6.07, 6.45) is 0. The highest BCUT2D eigenvalue weighted by atomic mass is 15.5. The molecule has 0 spiro atoms. The Morgan fingerprint density at radius 3 is 3.09 bits per heavy atom. The van der Waals surface area contributed by atoms with Crippen molar-refractivity contribution in [3.63, 3.8) is 0 Å². The Morgan fingerprint density at radius 2 is 2.55 bits per heavy atom. The van der Waals surface area contributed by atoms with Crippen LogP contribution in [0.3, 0.4) is 0 Å². The van der Waals surface area contributed by atoms with Gasteiger partial charge in [0.25, 0.3) is 0 Å². The molecule has 0 saturated heterocycles. The lowest BCUT2D eigenvalue weighted by Crippen LogP contribution is -2.02. The maximum Gasteiger partial charge on any atom is 0.178 e. The Morgan fingerprint density at radius 1 is 1.82 bits per heavy atom. The van der Waals surface area contributed by atoms with Crippen LogP contribution < -0.4 is 0 Å². The first-order valence-corrected chi connectivity index (χ1v) is 3.04. The molecular weight excluding hydrogens is 142 g/mol. The Bertz CT molecular complexity index is 305. The average Bonchev–Trinajstić information content (AvgIpc) is 2.36. The summed E-state index contributed by atoms with van der Waals surface area (Å²) < 4.78 is 1.41. The van der Waals surface area contributed by atoms with E-state index in [1.165, 1.54) is 4.68 Å². The Hall–Kier alpha value is -1.70. The Balaban J connectivity index is 2.98. The second-order valence-corrected chi connectivity index (χ2v) is 2.10. The summed E-state index contributed by atoms with van der Waals surface area (Å²) in [5, 5.41) is 19.0. The zero-order valence-electron chi connectivity index (χ0n) is 6.15. The zero-order valence-corrected chi connectivity index (χ0v) is 6.15. The van der Waals surface area contributed by atoms with Crippen molar-refractivity contribution in [2.24, 2.45) is 0 Å². The molecule has 0 bridgehead atoms. The van der Waals surface area contributed by atoms with Crippen molar-refractivity contribution in [1.82, 2.24) is 20.2 Å². The minimum Gasteiger partial charge on any atom is -0.211 e. The molecule has 0 unspecified atom stereocenters. The number of rotatable bonds is 2. The van der Waals surface area contributed by atoms with Gasteiger partial charge in [0.15, 0.2) is 5.82 Å². The second kappa shape index (κ2) is 2.92. The highest BCUT2D eigenvalue weighted by molar-refractivity contribution is 5.53. The van der Waals surface area contributed by atoms with E-state index in [4.69, 9.17) is 5.26 Å². The SMILES string of the molecule is C=C(C)c1nnnn1CC#N. The van der Waals surface area contributed by atoms with Gasteiger partial charge in [-0.05, 0) is 22.9 Å². The number of nitrogens with zero attached hydrogens (tertiary/aromatic N) is 5. The first-order valence-electron chi connectivity index (χ1n) is 3.04. The highest BCUT2D eigenvalue weighted by Gasteiger charge is 2.04. The molecule has 5 nitrogen and oxygen atoms in total. The third-order valence-corrected chi connectivity index (χ3v) is 1.13. The fourth-order valence-electron chi connectivity index (χ4n) is 0.684. The lowest BCUT2D eigenvalue weighted by Gasteiger charge is -1.95. The molecule has 0 atom stereocenters. The molecule has 5 heteroatoms. The average molecular weight is 149 g/mol. The van der Waals surface area contributed by atoms with E-state index in [1.807, 2.05) is 6.07 Å². The maximum absolute atomic E-state index is 8.35. The van der Waals surface area contributed by atoms with E-state index in [0.29, 0.717) is 5.82 Å². The van der Waals surface area contributed by atoms with Gasteiger partial charge in [0, 0.05) is 0 Å². The molecule has 56 valence electrons. The van der Waals surface area contributed by atoms with E-state index in [9.17, 15) is 0 Å². The summed E-state index contributed by atoms with van der Waals surface area (Å²) in [6, 6.07) is 1.94. The standard InChI is InChI=1S/C6H7N5/c1-5(2)6-8-9-10-11(6)4-3-7/h1,4H2,2H3. The summed E-state index contributed by atoms with van der Waals surface area (Å²) >= 11 is 0. The quantitative estimate of drug-likeness (QED) is 0.603. The normalized spacial score (nSPS) is 9.09. The number of hydrogen-bond acceptors (Lipinski definition) is 4. The van der Waals surface area contributed by atoms with Gasteiger partial charge in [-0.15, -0.1) is 5.10 Å². The van der Waals surface area contributed by atoms with Gasteiger partial charge < -0.3 is 0 Å². The fraction of sp³-hybridized carbons (Fsp3) is 0.333. The van der Waals surface area contributed by atoms with Crippen LogP contribution >= 0.6 is 0 Å². The third kappa shape index (κ3) is 1.41. The van der Waals surface area contributed by atoms with Crippen LogP contribution in [0.25, 0.3) is 5.57 Å². The molecule has 0 saturated carbocycles. The molecule has 0 aromatic carbocycles. The predicted molar refractivity (Wildman–Crippen MR) is 38.1 cm³/mol. The molecular formula is C6H7N5. The van der Waals surface area contributed by atoms with Crippen LogP contribution in [0.4, 0.5) is 0 Å². The Kier molecular flexibility index (Phi) is 1.97. The molecule has 11 heavy (non-hydrogen) atoms. The fourth-order valence-corrected chi connectivity index (χ4v) is 0.684. The molecule has 0 N–H and O–H groups in total. The van der Waals surface area contributed by atoms with Crippen molar-refractivity contribution in [3.05, 3.63) is 12.4 Å². The van der Waals surface area contributed by atoms with Crippen LogP contribution in [-0.4, -0.2) is 20.2 Å². The van der Waals surface area contributed by atoms with Crippen LogP contribution in [0.5, 0.6) is 0 Å². The van der Waals surface area contributed by atoms with Gasteiger partial charge in [-0.2, -0.15) is 5.26 Å². The monoisotopic (exact) mass is 149 g/mol. The number of tetrazole rings is 1. The second-order valence-electron chi connectivity index (χ2n) is 2.10. The van der Waals surface area contributed by atoms with E-state index < -0.39 is 0 Å². The van der Waals surface area contributed by atoms with Crippen molar-refractivity contribution in [2.45, 2.75) is 13.5 Å². The van der Waals surface area contributed by atoms with Gasteiger partial charge in [-0.25, -0.2) is 4.68 Å². The molecule has 0 aliphatic heterocycles. The number of nitriles is 1. The van der Waals surface area contributed by atoms with Crippen molar-refractivity contribution in [3.8, 4) is 6.07 Å². The molecule has 1 heterocycles. The number of allylic oxidation sites excluding steroid dienone is 1. The lowest BCUT2D eigenvalue weighted by molar-refractivity contribution is 0.660. The number of hydrogen-bond donors (Lipinski definition) is 0. The van der Waals surface area contributed by atoms with Gasteiger partial charge in [0.2, 0.25) is 0 Å². The smallest absolute Gasteiger partial charge is 0.178 e. The van der Waals surface area contributed by atoms with E-state index in [-0.39, 0.29) is 6.54 Å². The molecule has 1 rings (SSSR count). The molecule has 0 aliphatic carbocycles. The van der Waals surface area contributed by atoms with Gasteiger partial charge in [-0.3, -0.25) is 0 Å². The van der Waals surface area contributed by atoms with Crippen LogP contribution in [0.15, 0.2) is 6.58 Å². The highest BCUT2D eigenvalue weighted by Crippen LogP contribution is 2.04. The minimum absolute atomic E-state index is 0.162. The van der Waals surface area contributed by atoms with E-state index in [0.717, 1.165) is 5.57 Å². The first kappa shape index (κ1) is 7.41. The van der Waals surface area contributed by atoms with Crippen molar-refractivity contribution in [1.29, 1.82) is 5.26 Å². The molecule has 0 radical (unpaired) electrons. The molecule has 0 aliphatic rings. The van der Waals surface area contributed by atoms with Gasteiger partial charge in [0.05, 0.1) is 6.07 Å². The summed E-state index contributed by atoms with van der Waals surface area (Å²) in [5.74, 6) is 0.562. The minimum atomic E-state index is 0.162. The van der Waals surface area contributed by atoms with Gasteiger partial charge in [0.1, 0.15) is 6.54 Å². The number of aromatic nitrogens is 4. The van der Waals surface area contributed by atoms with Crippen LogP contribution in [0.1, 0.15) is 12.7 Å². The van der Waals surface area contributed by atoms with Crippen LogP contribution in [0.2, 0.25) is 0 Å². The molecule has 1 aromatic rings. The van der Waals surface area contributed by atoms with Crippen LogP contribution in [0, 0.1) is 11.3 Å². The van der Waals surface area contributed by atoms with Gasteiger partial charge >= 0.3 is 0 Å². The van der Waals surface area contributed by atoms with Crippen LogP contribution in [-0.2, 0) is 6.54 Å². The van der Waals surface area contributed by atoms with E-state index in [2.05, 4.69) is 22.1 Å². The molecule has 1 aromatic heterocycles.